The minimum absolute atomic E-state index is 0.0585. The Morgan fingerprint density at radius 3 is 2.26 bits per heavy atom. The fourth-order valence-corrected chi connectivity index (χ4v) is 2.54. The monoisotopic (exact) mass is 285 g/mol. The fourth-order valence-electron chi connectivity index (χ4n) is 2.36. The summed E-state index contributed by atoms with van der Waals surface area (Å²) < 4.78 is 10.9. The number of nitrogens with zero attached hydrogens (tertiary/aromatic N) is 3. The fraction of sp³-hybridized carbons (Fsp3) is 0.692. The van der Waals surface area contributed by atoms with Crippen molar-refractivity contribution >= 4 is 17.4 Å². The Bertz CT molecular complexity index is 444. The molecule has 1 aliphatic heterocycles. The van der Waals surface area contributed by atoms with Gasteiger partial charge in [0, 0.05) is 39.3 Å². The van der Waals surface area contributed by atoms with Gasteiger partial charge in [0.1, 0.15) is 29.0 Å². The van der Waals surface area contributed by atoms with Crippen molar-refractivity contribution < 1.29 is 9.47 Å². The molecular formula is C13H20ClN3O2. The topological polar surface area (TPSA) is 47.5 Å². The van der Waals surface area contributed by atoms with E-state index >= 15 is 0 Å². The highest BCUT2D eigenvalue weighted by Gasteiger charge is 2.34. The molecule has 0 bridgehead atoms. The van der Waals surface area contributed by atoms with E-state index in [1.54, 1.807) is 14.2 Å². The molecule has 1 fully saturated rings. The molecule has 1 aliphatic rings. The molecular weight excluding hydrogens is 266 g/mol. The van der Waals surface area contributed by atoms with E-state index < -0.39 is 0 Å². The summed E-state index contributed by atoms with van der Waals surface area (Å²) >= 11 is 6.18. The van der Waals surface area contributed by atoms with Gasteiger partial charge in [-0.3, -0.25) is 0 Å². The number of halogens is 1. The zero-order valence-electron chi connectivity index (χ0n) is 11.8. The first-order chi connectivity index (χ1) is 9.10. The second kappa shape index (κ2) is 6.03. The smallest absolute Gasteiger partial charge is 0.137 e. The van der Waals surface area contributed by atoms with Crippen molar-refractivity contribution in [1.29, 1.82) is 0 Å². The average Bonchev–Trinajstić information content (AvgIpc) is 2.84. The van der Waals surface area contributed by atoms with Gasteiger partial charge in [0.25, 0.3) is 0 Å². The van der Waals surface area contributed by atoms with Gasteiger partial charge in [-0.15, -0.1) is 0 Å². The van der Waals surface area contributed by atoms with Gasteiger partial charge in [-0.25, -0.2) is 9.97 Å². The molecule has 2 unspecified atom stereocenters. The Balaban J connectivity index is 2.30. The highest BCUT2D eigenvalue weighted by atomic mass is 35.5. The van der Waals surface area contributed by atoms with Crippen LogP contribution in [0.1, 0.15) is 18.3 Å². The summed E-state index contributed by atoms with van der Waals surface area (Å²) in [5.41, 5.74) is 0.908. The first-order valence-electron chi connectivity index (χ1n) is 6.44. The number of hydrogen-bond acceptors (Lipinski definition) is 5. The van der Waals surface area contributed by atoms with Crippen LogP contribution in [0.25, 0.3) is 0 Å². The number of methoxy groups -OCH3 is 2. The quantitative estimate of drug-likeness (QED) is 0.790. The van der Waals surface area contributed by atoms with Crippen molar-refractivity contribution in [3.63, 3.8) is 0 Å². The Labute approximate surface area is 118 Å². The molecule has 5 nitrogen and oxygen atoms in total. The van der Waals surface area contributed by atoms with Crippen molar-refractivity contribution in [2.75, 3.05) is 32.2 Å². The lowest BCUT2D eigenvalue weighted by atomic mass is 10.3. The normalized spacial score (nSPS) is 23.1. The van der Waals surface area contributed by atoms with E-state index in [0.717, 1.165) is 36.7 Å². The molecule has 2 atom stereocenters. The largest absolute Gasteiger partial charge is 0.377 e. The van der Waals surface area contributed by atoms with E-state index in [4.69, 9.17) is 21.1 Å². The van der Waals surface area contributed by atoms with Crippen LogP contribution in [0.15, 0.2) is 0 Å². The van der Waals surface area contributed by atoms with Crippen LogP contribution in [-0.2, 0) is 15.9 Å². The highest BCUT2D eigenvalue weighted by Crippen LogP contribution is 2.28. The summed E-state index contributed by atoms with van der Waals surface area (Å²) in [6.45, 7) is 5.47. The molecule has 0 aliphatic carbocycles. The third-order valence-electron chi connectivity index (χ3n) is 3.54. The maximum atomic E-state index is 6.18. The van der Waals surface area contributed by atoms with Gasteiger partial charge in [0.2, 0.25) is 0 Å². The minimum atomic E-state index is 0.0585. The molecule has 19 heavy (non-hydrogen) atoms. The van der Waals surface area contributed by atoms with Crippen molar-refractivity contribution in [2.24, 2.45) is 0 Å². The summed E-state index contributed by atoms with van der Waals surface area (Å²) in [4.78, 5) is 11.0. The second-order valence-corrected chi connectivity index (χ2v) is 5.04. The summed E-state index contributed by atoms with van der Waals surface area (Å²) in [6, 6.07) is 0. The average molecular weight is 286 g/mol. The van der Waals surface area contributed by atoms with Crippen LogP contribution in [0.5, 0.6) is 0 Å². The third-order valence-corrected chi connectivity index (χ3v) is 3.91. The van der Waals surface area contributed by atoms with Crippen LogP contribution in [0, 0.1) is 6.92 Å². The Kier molecular flexibility index (Phi) is 4.60. The third kappa shape index (κ3) is 2.83. The van der Waals surface area contributed by atoms with Crippen LogP contribution < -0.4 is 4.90 Å². The molecule has 1 aromatic rings. The van der Waals surface area contributed by atoms with Crippen LogP contribution in [0.4, 0.5) is 5.82 Å². The lowest BCUT2D eigenvalue weighted by Gasteiger charge is -2.20. The van der Waals surface area contributed by atoms with Gasteiger partial charge >= 0.3 is 0 Å². The molecule has 2 heterocycles. The number of ether oxygens (including phenoxy) is 2. The summed E-state index contributed by atoms with van der Waals surface area (Å²) in [5, 5.41) is 0.525. The standard InChI is InChI=1S/C13H20ClN3O2/c1-5-11-15-12(14)8(2)13(16-11)17-6-9(18-3)10(7-17)19-4/h9-10H,5-7H2,1-4H3. The van der Waals surface area contributed by atoms with Crippen LogP contribution in [-0.4, -0.2) is 49.5 Å². The Morgan fingerprint density at radius 2 is 1.79 bits per heavy atom. The van der Waals surface area contributed by atoms with Gasteiger partial charge in [0.05, 0.1) is 0 Å². The van der Waals surface area contributed by atoms with Crippen LogP contribution >= 0.6 is 11.6 Å². The highest BCUT2D eigenvalue weighted by molar-refractivity contribution is 6.30. The summed E-state index contributed by atoms with van der Waals surface area (Å²) in [5.74, 6) is 1.65. The van der Waals surface area contributed by atoms with Gasteiger partial charge in [-0.05, 0) is 6.92 Å². The lowest BCUT2D eigenvalue weighted by molar-refractivity contribution is -0.00461. The SMILES string of the molecule is CCc1nc(Cl)c(C)c(N2CC(OC)C(OC)C2)n1. The van der Waals surface area contributed by atoms with E-state index in [1.165, 1.54) is 0 Å². The number of aromatic nitrogens is 2. The predicted molar refractivity (Wildman–Crippen MR) is 75.0 cm³/mol. The number of hydrogen-bond donors (Lipinski definition) is 0. The molecule has 6 heteroatoms. The summed E-state index contributed by atoms with van der Waals surface area (Å²) in [7, 11) is 3.41. The van der Waals surface area contributed by atoms with Crippen molar-refractivity contribution in [2.45, 2.75) is 32.5 Å². The van der Waals surface area contributed by atoms with E-state index in [0.29, 0.717) is 5.15 Å². The number of anilines is 1. The van der Waals surface area contributed by atoms with E-state index in [2.05, 4.69) is 14.9 Å². The van der Waals surface area contributed by atoms with E-state index in [1.807, 2.05) is 13.8 Å². The Hall–Kier alpha value is -0.910. The van der Waals surface area contributed by atoms with E-state index in [-0.39, 0.29) is 12.2 Å². The molecule has 1 aromatic heterocycles. The molecule has 0 aromatic carbocycles. The Morgan fingerprint density at radius 1 is 1.21 bits per heavy atom. The maximum Gasteiger partial charge on any atom is 0.137 e. The van der Waals surface area contributed by atoms with E-state index in [9.17, 15) is 0 Å². The number of rotatable bonds is 4. The van der Waals surface area contributed by atoms with Crippen molar-refractivity contribution in [3.8, 4) is 0 Å². The van der Waals surface area contributed by atoms with Crippen molar-refractivity contribution in [1.82, 2.24) is 9.97 Å². The van der Waals surface area contributed by atoms with Gasteiger partial charge in [0.15, 0.2) is 0 Å². The van der Waals surface area contributed by atoms with Crippen molar-refractivity contribution in [3.05, 3.63) is 16.5 Å². The lowest BCUT2D eigenvalue weighted by Crippen LogP contribution is -2.27. The zero-order chi connectivity index (χ0) is 14.0. The van der Waals surface area contributed by atoms with Crippen LogP contribution in [0.3, 0.4) is 0 Å². The molecule has 0 spiro atoms. The second-order valence-electron chi connectivity index (χ2n) is 4.69. The van der Waals surface area contributed by atoms with Gasteiger partial charge < -0.3 is 14.4 Å². The summed E-state index contributed by atoms with van der Waals surface area (Å²) in [6.07, 6.45) is 0.883. The molecule has 0 radical (unpaired) electrons. The molecule has 1 saturated heterocycles. The first kappa shape index (κ1) is 14.5. The number of aryl methyl sites for hydroxylation is 1. The zero-order valence-corrected chi connectivity index (χ0v) is 12.6. The maximum absolute atomic E-state index is 6.18. The molecule has 0 saturated carbocycles. The molecule has 0 amide bonds. The molecule has 106 valence electrons. The van der Waals surface area contributed by atoms with Crippen LogP contribution in [0.2, 0.25) is 5.15 Å². The minimum Gasteiger partial charge on any atom is -0.377 e. The van der Waals surface area contributed by atoms with Gasteiger partial charge in [-0.1, -0.05) is 18.5 Å². The molecule has 0 N–H and O–H groups in total. The predicted octanol–water partition coefficient (Wildman–Crippen LogP) is 1.85. The molecule has 2 rings (SSSR count). The van der Waals surface area contributed by atoms with Gasteiger partial charge in [-0.2, -0.15) is 0 Å². The first-order valence-corrected chi connectivity index (χ1v) is 6.82.